The molecule has 0 spiro atoms. The first-order chi connectivity index (χ1) is 7.35. The number of hydrogen-bond donors (Lipinski definition) is 0. The molecule has 0 radical (unpaired) electrons. The molecule has 1 unspecified atom stereocenters. The Morgan fingerprint density at radius 2 is 1.93 bits per heavy atom. The summed E-state index contributed by atoms with van der Waals surface area (Å²) in [5, 5.41) is 0. The van der Waals surface area contributed by atoms with Crippen LogP contribution < -0.4 is 0 Å². The third-order valence-corrected chi connectivity index (χ3v) is 4.95. The Balaban J connectivity index is 1.92. The second-order valence-electron chi connectivity index (χ2n) is 4.83. The van der Waals surface area contributed by atoms with Crippen molar-refractivity contribution >= 4 is 22.6 Å². The summed E-state index contributed by atoms with van der Waals surface area (Å²) in [5.74, 6) is 0. The first-order valence-electron chi connectivity index (χ1n) is 6.16. The Kier molecular flexibility index (Phi) is 4.70. The molecule has 1 heterocycles. The van der Waals surface area contributed by atoms with Crippen LogP contribution in [0.3, 0.4) is 0 Å². The standard InChI is InChI=1S/C12H21IO2/c13-10-12(6-3-1-2-4-7-12)15-11-5-8-14-9-11/h11H,1-10H2. The fourth-order valence-electron chi connectivity index (χ4n) is 2.62. The number of rotatable bonds is 3. The van der Waals surface area contributed by atoms with Crippen LogP contribution in [0.4, 0.5) is 0 Å². The fraction of sp³-hybridized carbons (Fsp3) is 1.00. The zero-order chi connectivity index (χ0) is 10.6. The molecule has 2 nitrogen and oxygen atoms in total. The lowest BCUT2D eigenvalue weighted by atomic mass is 9.96. The Labute approximate surface area is 106 Å². The van der Waals surface area contributed by atoms with Crippen molar-refractivity contribution in [1.82, 2.24) is 0 Å². The lowest BCUT2D eigenvalue weighted by Crippen LogP contribution is -2.38. The minimum atomic E-state index is 0.176. The zero-order valence-corrected chi connectivity index (χ0v) is 11.5. The van der Waals surface area contributed by atoms with Gasteiger partial charge in [-0.3, -0.25) is 0 Å². The maximum atomic E-state index is 6.34. The predicted molar refractivity (Wildman–Crippen MR) is 69.6 cm³/mol. The third-order valence-electron chi connectivity index (χ3n) is 3.56. The van der Waals surface area contributed by atoms with Crippen LogP contribution in [-0.2, 0) is 9.47 Å². The van der Waals surface area contributed by atoms with Crippen LogP contribution in [0.1, 0.15) is 44.9 Å². The second-order valence-corrected chi connectivity index (χ2v) is 5.60. The van der Waals surface area contributed by atoms with Gasteiger partial charge in [-0.25, -0.2) is 0 Å². The third kappa shape index (κ3) is 3.30. The summed E-state index contributed by atoms with van der Waals surface area (Å²) in [7, 11) is 0. The Morgan fingerprint density at radius 1 is 1.20 bits per heavy atom. The molecule has 15 heavy (non-hydrogen) atoms. The van der Waals surface area contributed by atoms with Gasteiger partial charge in [0.05, 0.1) is 18.3 Å². The smallest absolute Gasteiger partial charge is 0.0838 e. The van der Waals surface area contributed by atoms with Gasteiger partial charge in [0.15, 0.2) is 0 Å². The molecule has 1 saturated heterocycles. The summed E-state index contributed by atoms with van der Waals surface area (Å²) < 4.78 is 12.9. The molecule has 2 aliphatic rings. The van der Waals surface area contributed by atoms with Crippen LogP contribution in [0.5, 0.6) is 0 Å². The van der Waals surface area contributed by atoms with Crippen molar-refractivity contribution in [3.8, 4) is 0 Å². The highest BCUT2D eigenvalue weighted by molar-refractivity contribution is 14.1. The maximum Gasteiger partial charge on any atom is 0.0838 e. The van der Waals surface area contributed by atoms with Gasteiger partial charge in [0.25, 0.3) is 0 Å². The van der Waals surface area contributed by atoms with Gasteiger partial charge >= 0.3 is 0 Å². The number of halogens is 1. The van der Waals surface area contributed by atoms with E-state index in [1.54, 1.807) is 0 Å². The summed E-state index contributed by atoms with van der Waals surface area (Å²) >= 11 is 2.50. The molecule has 0 amide bonds. The molecule has 1 aliphatic carbocycles. The largest absolute Gasteiger partial charge is 0.379 e. The van der Waals surface area contributed by atoms with E-state index in [1.165, 1.54) is 38.5 Å². The van der Waals surface area contributed by atoms with Crippen LogP contribution in [0.2, 0.25) is 0 Å². The minimum absolute atomic E-state index is 0.176. The van der Waals surface area contributed by atoms with E-state index in [2.05, 4.69) is 22.6 Å². The monoisotopic (exact) mass is 324 g/mol. The van der Waals surface area contributed by atoms with E-state index in [1.807, 2.05) is 0 Å². The minimum Gasteiger partial charge on any atom is -0.379 e. The van der Waals surface area contributed by atoms with Crippen molar-refractivity contribution in [3.05, 3.63) is 0 Å². The molecule has 1 aliphatic heterocycles. The molecule has 2 fully saturated rings. The van der Waals surface area contributed by atoms with E-state index in [9.17, 15) is 0 Å². The van der Waals surface area contributed by atoms with Gasteiger partial charge in [0.2, 0.25) is 0 Å². The van der Waals surface area contributed by atoms with Gasteiger partial charge in [-0.1, -0.05) is 48.3 Å². The Morgan fingerprint density at radius 3 is 2.47 bits per heavy atom. The summed E-state index contributed by atoms with van der Waals surface area (Å²) in [5.41, 5.74) is 0.176. The Bertz CT molecular complexity index is 182. The number of ether oxygens (including phenoxy) is 2. The quantitative estimate of drug-likeness (QED) is 0.450. The van der Waals surface area contributed by atoms with E-state index in [0.29, 0.717) is 6.10 Å². The molecule has 0 aromatic heterocycles. The molecule has 1 saturated carbocycles. The predicted octanol–water partition coefficient (Wildman–Crippen LogP) is 3.32. The van der Waals surface area contributed by atoms with E-state index in [0.717, 1.165) is 24.1 Å². The molecule has 0 aromatic carbocycles. The van der Waals surface area contributed by atoms with Gasteiger partial charge in [0.1, 0.15) is 0 Å². The highest BCUT2D eigenvalue weighted by Gasteiger charge is 2.34. The molecule has 88 valence electrons. The Hall–Kier alpha value is 0.650. The first-order valence-corrected chi connectivity index (χ1v) is 7.69. The molecule has 3 heteroatoms. The lowest BCUT2D eigenvalue weighted by molar-refractivity contribution is -0.0861. The van der Waals surface area contributed by atoms with Gasteiger partial charge in [0, 0.05) is 11.0 Å². The van der Waals surface area contributed by atoms with Crippen LogP contribution in [-0.4, -0.2) is 29.3 Å². The van der Waals surface area contributed by atoms with Crippen molar-refractivity contribution in [2.24, 2.45) is 0 Å². The van der Waals surface area contributed by atoms with Crippen molar-refractivity contribution in [1.29, 1.82) is 0 Å². The molecule has 0 bridgehead atoms. The van der Waals surface area contributed by atoms with Crippen molar-refractivity contribution in [2.75, 3.05) is 17.6 Å². The summed E-state index contributed by atoms with van der Waals surface area (Å²) in [6.07, 6.45) is 9.45. The van der Waals surface area contributed by atoms with E-state index < -0.39 is 0 Å². The van der Waals surface area contributed by atoms with Crippen LogP contribution in [0, 0.1) is 0 Å². The molecular weight excluding hydrogens is 303 g/mol. The summed E-state index contributed by atoms with van der Waals surface area (Å²) in [6, 6.07) is 0. The van der Waals surface area contributed by atoms with Crippen molar-refractivity contribution in [3.63, 3.8) is 0 Å². The highest BCUT2D eigenvalue weighted by atomic mass is 127. The summed E-state index contributed by atoms with van der Waals surface area (Å²) in [4.78, 5) is 0. The average molecular weight is 324 g/mol. The molecule has 2 rings (SSSR count). The lowest BCUT2D eigenvalue weighted by Gasteiger charge is -2.33. The highest BCUT2D eigenvalue weighted by Crippen LogP contribution is 2.34. The van der Waals surface area contributed by atoms with E-state index in [4.69, 9.17) is 9.47 Å². The molecule has 0 aromatic rings. The second kappa shape index (κ2) is 5.82. The van der Waals surface area contributed by atoms with Gasteiger partial charge in [-0.15, -0.1) is 0 Å². The number of hydrogen-bond acceptors (Lipinski definition) is 2. The van der Waals surface area contributed by atoms with Gasteiger partial charge in [-0.2, -0.15) is 0 Å². The van der Waals surface area contributed by atoms with Crippen LogP contribution >= 0.6 is 22.6 Å². The molecule has 1 atom stereocenters. The van der Waals surface area contributed by atoms with E-state index >= 15 is 0 Å². The van der Waals surface area contributed by atoms with Crippen molar-refractivity contribution in [2.45, 2.75) is 56.7 Å². The fourth-order valence-corrected chi connectivity index (χ4v) is 3.56. The van der Waals surface area contributed by atoms with Gasteiger partial charge < -0.3 is 9.47 Å². The van der Waals surface area contributed by atoms with Crippen molar-refractivity contribution < 1.29 is 9.47 Å². The van der Waals surface area contributed by atoms with Crippen LogP contribution in [0.25, 0.3) is 0 Å². The first kappa shape index (κ1) is 12.1. The van der Waals surface area contributed by atoms with Crippen LogP contribution in [0.15, 0.2) is 0 Å². The average Bonchev–Trinajstić information content (AvgIpc) is 2.64. The SMILES string of the molecule is ICC1(OC2CCOC2)CCCCCC1. The molecule has 0 N–H and O–H groups in total. The normalized spacial score (nSPS) is 31.4. The van der Waals surface area contributed by atoms with E-state index in [-0.39, 0.29) is 5.60 Å². The maximum absolute atomic E-state index is 6.34. The molecular formula is C12H21IO2. The topological polar surface area (TPSA) is 18.5 Å². The summed E-state index contributed by atoms with van der Waals surface area (Å²) in [6.45, 7) is 1.71. The number of alkyl halides is 1. The van der Waals surface area contributed by atoms with Gasteiger partial charge in [-0.05, 0) is 19.3 Å². The zero-order valence-electron chi connectivity index (χ0n) is 9.34.